The first-order chi connectivity index (χ1) is 9.82. The van der Waals surface area contributed by atoms with Crippen LogP contribution in [0, 0.1) is 23.2 Å². The van der Waals surface area contributed by atoms with Gasteiger partial charge in [0.2, 0.25) is 5.91 Å². The first-order valence-electron chi connectivity index (χ1n) is 7.35. The smallest absolute Gasteiger partial charge is 0.308 e. The maximum Gasteiger partial charge on any atom is 0.308 e. The van der Waals surface area contributed by atoms with Crippen molar-refractivity contribution in [3.63, 3.8) is 0 Å². The van der Waals surface area contributed by atoms with E-state index >= 15 is 0 Å². The summed E-state index contributed by atoms with van der Waals surface area (Å²) >= 11 is 0. The predicted octanol–water partition coefficient (Wildman–Crippen LogP) is 0.926. The average molecular weight is 295 g/mol. The molecular weight excluding hydrogens is 270 g/mol. The molecule has 1 amide bonds. The van der Waals surface area contributed by atoms with E-state index in [1.165, 1.54) is 7.11 Å². The minimum absolute atomic E-state index is 0.0384. The van der Waals surface area contributed by atoms with Gasteiger partial charge in [-0.3, -0.25) is 14.5 Å². The number of methoxy groups -OCH3 is 1. The Hall–Kier alpha value is -1.61. The van der Waals surface area contributed by atoms with Crippen LogP contribution < -0.4 is 5.32 Å². The fraction of sp³-hybridized carbons (Fsp3) is 0.800. The van der Waals surface area contributed by atoms with E-state index in [-0.39, 0.29) is 30.3 Å². The fourth-order valence-electron chi connectivity index (χ4n) is 2.33. The molecule has 6 heteroatoms. The average Bonchev–Trinajstić information content (AvgIpc) is 2.46. The Morgan fingerprint density at radius 1 is 1.43 bits per heavy atom. The maximum atomic E-state index is 12.1. The van der Waals surface area contributed by atoms with Gasteiger partial charge >= 0.3 is 5.97 Å². The number of rotatable bonds is 5. The van der Waals surface area contributed by atoms with E-state index in [1.807, 2.05) is 18.7 Å². The summed E-state index contributed by atoms with van der Waals surface area (Å²) < 4.78 is 4.74. The SMILES string of the molecule is COC(=O)C1CCN(CC(=O)N[C@@](C)(C#N)C(C)C)CC1. The summed E-state index contributed by atoms with van der Waals surface area (Å²) in [5, 5.41) is 12.0. The second-order valence-electron chi connectivity index (χ2n) is 6.09. The molecule has 1 fully saturated rings. The van der Waals surface area contributed by atoms with Gasteiger partial charge in [-0.05, 0) is 38.8 Å². The van der Waals surface area contributed by atoms with Crippen molar-refractivity contribution in [3.8, 4) is 6.07 Å². The van der Waals surface area contributed by atoms with Gasteiger partial charge in [0.25, 0.3) is 0 Å². The number of ether oxygens (including phenoxy) is 1. The van der Waals surface area contributed by atoms with Crippen molar-refractivity contribution in [2.45, 2.75) is 39.2 Å². The van der Waals surface area contributed by atoms with E-state index in [4.69, 9.17) is 4.74 Å². The van der Waals surface area contributed by atoms with Crippen molar-refractivity contribution in [1.82, 2.24) is 10.2 Å². The molecule has 0 radical (unpaired) electrons. The van der Waals surface area contributed by atoms with E-state index in [0.29, 0.717) is 25.9 Å². The van der Waals surface area contributed by atoms with Crippen LogP contribution in [0.2, 0.25) is 0 Å². The third-order valence-electron chi connectivity index (χ3n) is 4.28. The molecule has 118 valence electrons. The lowest BCUT2D eigenvalue weighted by Crippen LogP contribution is -2.52. The van der Waals surface area contributed by atoms with Crippen molar-refractivity contribution >= 4 is 11.9 Å². The highest BCUT2D eigenvalue weighted by Crippen LogP contribution is 2.19. The zero-order valence-electron chi connectivity index (χ0n) is 13.3. The van der Waals surface area contributed by atoms with E-state index in [9.17, 15) is 14.9 Å². The molecule has 21 heavy (non-hydrogen) atoms. The minimum atomic E-state index is -0.846. The lowest BCUT2D eigenvalue weighted by molar-refractivity contribution is -0.147. The summed E-state index contributed by atoms with van der Waals surface area (Å²) in [7, 11) is 1.40. The minimum Gasteiger partial charge on any atom is -0.469 e. The van der Waals surface area contributed by atoms with Gasteiger partial charge in [0.05, 0.1) is 25.6 Å². The third kappa shape index (κ3) is 4.71. The van der Waals surface area contributed by atoms with Crippen LogP contribution in [0.4, 0.5) is 0 Å². The van der Waals surface area contributed by atoms with Gasteiger partial charge in [0, 0.05) is 0 Å². The highest BCUT2D eigenvalue weighted by atomic mass is 16.5. The third-order valence-corrected chi connectivity index (χ3v) is 4.28. The molecule has 6 nitrogen and oxygen atoms in total. The van der Waals surface area contributed by atoms with E-state index < -0.39 is 5.54 Å². The molecule has 1 heterocycles. The van der Waals surface area contributed by atoms with E-state index in [2.05, 4.69) is 11.4 Å². The predicted molar refractivity (Wildman–Crippen MR) is 78.2 cm³/mol. The molecule has 1 rings (SSSR count). The van der Waals surface area contributed by atoms with Crippen LogP contribution in [0.5, 0.6) is 0 Å². The lowest BCUT2D eigenvalue weighted by atomic mass is 9.90. The zero-order chi connectivity index (χ0) is 16.0. The highest BCUT2D eigenvalue weighted by molar-refractivity contribution is 5.79. The molecule has 0 aromatic rings. The normalized spacial score (nSPS) is 19.6. The quantitative estimate of drug-likeness (QED) is 0.763. The molecule has 0 saturated carbocycles. The summed E-state index contributed by atoms with van der Waals surface area (Å²) in [5.74, 6) is -0.342. The molecule has 1 saturated heterocycles. The second kappa shape index (κ2) is 7.41. The van der Waals surface area contributed by atoms with Gasteiger partial charge in [-0.2, -0.15) is 5.26 Å². The Morgan fingerprint density at radius 3 is 2.43 bits per heavy atom. The van der Waals surface area contributed by atoms with Crippen LogP contribution in [0.15, 0.2) is 0 Å². The van der Waals surface area contributed by atoms with Crippen molar-refractivity contribution in [2.24, 2.45) is 11.8 Å². The van der Waals surface area contributed by atoms with Gasteiger partial charge < -0.3 is 10.1 Å². The first-order valence-corrected chi connectivity index (χ1v) is 7.35. The zero-order valence-corrected chi connectivity index (χ0v) is 13.3. The molecule has 0 aromatic carbocycles. The molecule has 0 unspecified atom stereocenters. The summed E-state index contributed by atoms with van der Waals surface area (Å²) in [6.45, 7) is 7.20. The molecule has 0 spiro atoms. The van der Waals surface area contributed by atoms with Gasteiger partial charge in [-0.15, -0.1) is 0 Å². The number of piperidine rings is 1. The van der Waals surface area contributed by atoms with Gasteiger partial charge in [0.1, 0.15) is 5.54 Å². The number of carbonyl (C=O) groups is 2. The van der Waals surface area contributed by atoms with Gasteiger partial charge in [-0.1, -0.05) is 13.8 Å². The van der Waals surface area contributed by atoms with Crippen LogP contribution in [0.25, 0.3) is 0 Å². The van der Waals surface area contributed by atoms with Crippen LogP contribution in [0.1, 0.15) is 33.6 Å². The monoisotopic (exact) mass is 295 g/mol. The molecule has 0 aliphatic carbocycles. The molecule has 1 atom stereocenters. The number of esters is 1. The fourth-order valence-corrected chi connectivity index (χ4v) is 2.33. The summed E-state index contributed by atoms with van der Waals surface area (Å²) in [4.78, 5) is 25.5. The van der Waals surface area contributed by atoms with Crippen molar-refractivity contribution in [3.05, 3.63) is 0 Å². The number of amides is 1. The molecule has 0 aromatic heterocycles. The van der Waals surface area contributed by atoms with E-state index in [1.54, 1.807) is 6.92 Å². The molecule has 1 N–H and O–H groups in total. The summed E-state index contributed by atoms with van der Waals surface area (Å²) in [6, 6.07) is 2.16. The van der Waals surface area contributed by atoms with Crippen LogP contribution >= 0.6 is 0 Å². The molecule has 0 bridgehead atoms. The summed E-state index contributed by atoms with van der Waals surface area (Å²) in [5.41, 5.74) is -0.846. The van der Waals surface area contributed by atoms with Gasteiger partial charge in [-0.25, -0.2) is 0 Å². The number of hydrogen-bond donors (Lipinski definition) is 1. The van der Waals surface area contributed by atoms with Crippen molar-refractivity contribution in [2.75, 3.05) is 26.7 Å². The van der Waals surface area contributed by atoms with Crippen LogP contribution in [-0.2, 0) is 14.3 Å². The Morgan fingerprint density at radius 2 is 2.00 bits per heavy atom. The topological polar surface area (TPSA) is 82.4 Å². The summed E-state index contributed by atoms with van der Waals surface area (Å²) in [6.07, 6.45) is 1.42. The number of nitrogens with one attached hydrogen (secondary N) is 1. The van der Waals surface area contributed by atoms with Crippen molar-refractivity contribution < 1.29 is 14.3 Å². The van der Waals surface area contributed by atoms with Crippen LogP contribution in [-0.4, -0.2) is 49.1 Å². The van der Waals surface area contributed by atoms with Gasteiger partial charge in [0.15, 0.2) is 0 Å². The Balaban J connectivity index is 2.44. The Kier molecular flexibility index (Phi) is 6.16. The van der Waals surface area contributed by atoms with E-state index in [0.717, 1.165) is 0 Å². The number of likely N-dealkylation sites (tertiary alicyclic amines) is 1. The molecule has 1 aliphatic heterocycles. The standard InChI is InChI=1S/C15H25N3O3/c1-11(2)15(3,10-16)17-13(19)9-18-7-5-12(6-8-18)14(20)21-4/h11-12H,5-9H2,1-4H3,(H,17,19)/t15-/m0/s1. The number of carbonyl (C=O) groups excluding carboxylic acids is 2. The lowest BCUT2D eigenvalue weighted by Gasteiger charge is -2.32. The van der Waals surface area contributed by atoms with Crippen LogP contribution in [0.3, 0.4) is 0 Å². The number of nitriles is 1. The largest absolute Gasteiger partial charge is 0.469 e. The number of nitrogens with zero attached hydrogens (tertiary/aromatic N) is 2. The maximum absolute atomic E-state index is 12.1. The molecule has 1 aliphatic rings. The second-order valence-corrected chi connectivity index (χ2v) is 6.09. The first kappa shape index (κ1) is 17.4. The highest BCUT2D eigenvalue weighted by Gasteiger charge is 2.31. The Bertz CT molecular complexity index is 422. The van der Waals surface area contributed by atoms with Crippen molar-refractivity contribution in [1.29, 1.82) is 5.26 Å². The Labute approximate surface area is 126 Å². The molecular formula is C15H25N3O3. The number of hydrogen-bond acceptors (Lipinski definition) is 5.